The second-order valence-corrected chi connectivity index (χ2v) is 11.2. The lowest BCUT2D eigenvalue weighted by Crippen LogP contribution is -2.57. The van der Waals surface area contributed by atoms with Crippen molar-refractivity contribution in [1.29, 1.82) is 0 Å². The summed E-state index contributed by atoms with van der Waals surface area (Å²) in [5.74, 6) is -3.05. The van der Waals surface area contributed by atoms with E-state index in [0.29, 0.717) is 18.4 Å². The molecule has 1 saturated carbocycles. The Morgan fingerprint density at radius 2 is 1.50 bits per heavy atom. The standard InChI is InChI=1S/C25H23Br2ClN2O4/c1-2-21(22(31)14-8-4-3-5-9-14)29(23(32)15-10-6-7-11-20(15)28)30-24(33)16-12-18(26)19(27)13-17(16)25(30)34/h3-11,16-19,21H,2,12-13H2,1H3/t16-,17+,18-,19-,21+/m0/s1. The van der Waals surface area contributed by atoms with E-state index in [-0.39, 0.29) is 32.4 Å². The van der Waals surface area contributed by atoms with Crippen molar-refractivity contribution < 1.29 is 19.2 Å². The van der Waals surface area contributed by atoms with Crippen LogP contribution in [-0.4, -0.2) is 49.2 Å². The number of hydrogen-bond donors (Lipinski definition) is 0. The molecule has 34 heavy (non-hydrogen) atoms. The van der Waals surface area contributed by atoms with Gasteiger partial charge < -0.3 is 0 Å². The Morgan fingerprint density at radius 3 is 2.03 bits per heavy atom. The van der Waals surface area contributed by atoms with Gasteiger partial charge >= 0.3 is 0 Å². The molecule has 4 rings (SSSR count). The Hall–Kier alpha value is -2.03. The SMILES string of the molecule is CC[C@H](C(=O)c1ccccc1)N(C(=O)c1ccccc1Cl)N1C(=O)[C@H]2C[C@H](Br)[C@@H](Br)C[C@H]2C1=O. The number of halogens is 3. The van der Waals surface area contributed by atoms with E-state index in [4.69, 9.17) is 11.6 Å². The van der Waals surface area contributed by atoms with E-state index in [1.165, 1.54) is 6.07 Å². The molecule has 2 aromatic rings. The maximum Gasteiger partial charge on any atom is 0.275 e. The minimum atomic E-state index is -1.06. The third kappa shape index (κ3) is 4.48. The number of carbonyl (C=O) groups is 4. The topological polar surface area (TPSA) is 74.8 Å². The third-order valence-electron chi connectivity index (χ3n) is 6.46. The first-order chi connectivity index (χ1) is 16.3. The molecule has 1 heterocycles. The normalized spacial score (nSPS) is 25.1. The molecular weight excluding hydrogens is 588 g/mol. The Bertz CT molecular complexity index is 1100. The number of hydrazine groups is 1. The second kappa shape index (κ2) is 10.3. The number of rotatable bonds is 6. The van der Waals surface area contributed by atoms with Crippen LogP contribution in [0.2, 0.25) is 5.02 Å². The highest BCUT2D eigenvalue weighted by atomic mass is 79.9. The third-order valence-corrected chi connectivity index (χ3v) is 9.52. The zero-order valence-corrected chi connectivity index (χ0v) is 22.3. The summed E-state index contributed by atoms with van der Waals surface area (Å²) in [5.41, 5.74) is 0.513. The van der Waals surface area contributed by atoms with Crippen LogP contribution in [0, 0.1) is 11.8 Å². The summed E-state index contributed by atoms with van der Waals surface area (Å²) < 4.78 is 0. The summed E-state index contributed by atoms with van der Waals surface area (Å²) in [5, 5.41) is 2.14. The fourth-order valence-corrected chi connectivity index (χ4v) is 6.14. The van der Waals surface area contributed by atoms with Gasteiger partial charge in [0.2, 0.25) is 0 Å². The Balaban J connectivity index is 1.80. The molecule has 0 aromatic heterocycles. The first-order valence-corrected chi connectivity index (χ1v) is 13.3. The number of Topliss-reactive ketones (excluding diaryl/α,β-unsaturated/α-hetero) is 1. The number of amides is 3. The molecule has 9 heteroatoms. The van der Waals surface area contributed by atoms with Crippen LogP contribution in [0.3, 0.4) is 0 Å². The number of alkyl halides is 2. The molecule has 1 aliphatic heterocycles. The monoisotopic (exact) mass is 608 g/mol. The van der Waals surface area contributed by atoms with Gasteiger partial charge in [-0.2, -0.15) is 5.01 Å². The van der Waals surface area contributed by atoms with Crippen molar-refractivity contribution in [2.75, 3.05) is 0 Å². The van der Waals surface area contributed by atoms with Crippen molar-refractivity contribution in [2.24, 2.45) is 11.8 Å². The highest BCUT2D eigenvalue weighted by molar-refractivity contribution is 9.12. The summed E-state index contributed by atoms with van der Waals surface area (Å²) in [7, 11) is 0. The van der Waals surface area contributed by atoms with Gasteiger partial charge in [-0.05, 0) is 31.4 Å². The molecule has 178 valence electrons. The Morgan fingerprint density at radius 1 is 0.971 bits per heavy atom. The number of ketones is 1. The number of nitrogens with zero attached hydrogens (tertiary/aromatic N) is 2. The van der Waals surface area contributed by atoms with Gasteiger partial charge in [0.1, 0.15) is 6.04 Å². The van der Waals surface area contributed by atoms with E-state index in [2.05, 4.69) is 31.9 Å². The van der Waals surface area contributed by atoms with Crippen molar-refractivity contribution in [1.82, 2.24) is 10.0 Å². The summed E-state index contributed by atoms with van der Waals surface area (Å²) in [6.45, 7) is 1.75. The fourth-order valence-electron chi connectivity index (χ4n) is 4.68. The fraction of sp³-hybridized carbons (Fsp3) is 0.360. The molecule has 5 atom stereocenters. The maximum atomic E-state index is 13.8. The van der Waals surface area contributed by atoms with Crippen LogP contribution >= 0.6 is 43.5 Å². The van der Waals surface area contributed by atoms with E-state index in [0.717, 1.165) is 10.0 Å². The molecule has 6 nitrogen and oxygen atoms in total. The van der Waals surface area contributed by atoms with Crippen molar-refractivity contribution in [2.45, 2.75) is 41.9 Å². The van der Waals surface area contributed by atoms with Crippen LogP contribution in [0.4, 0.5) is 0 Å². The van der Waals surface area contributed by atoms with Crippen molar-refractivity contribution in [3.8, 4) is 0 Å². The largest absolute Gasteiger partial charge is 0.292 e. The predicted octanol–water partition coefficient (Wildman–Crippen LogP) is 5.28. The first-order valence-electron chi connectivity index (χ1n) is 11.1. The summed E-state index contributed by atoms with van der Waals surface area (Å²) in [4.78, 5) is 54.6. The second-order valence-electron chi connectivity index (χ2n) is 8.49. The highest BCUT2D eigenvalue weighted by Crippen LogP contribution is 2.44. The lowest BCUT2D eigenvalue weighted by molar-refractivity contribution is -0.156. The molecule has 0 radical (unpaired) electrons. The van der Waals surface area contributed by atoms with Gasteiger partial charge in [-0.3, -0.25) is 19.2 Å². The molecule has 2 fully saturated rings. The van der Waals surface area contributed by atoms with Crippen molar-refractivity contribution in [3.63, 3.8) is 0 Å². The van der Waals surface area contributed by atoms with Crippen molar-refractivity contribution >= 4 is 67.0 Å². The summed E-state index contributed by atoms with van der Waals surface area (Å²) >= 11 is 13.5. The van der Waals surface area contributed by atoms with Crippen LogP contribution in [-0.2, 0) is 9.59 Å². The van der Waals surface area contributed by atoms with Crippen LogP contribution in [0.15, 0.2) is 54.6 Å². The Labute approximate surface area is 219 Å². The van der Waals surface area contributed by atoms with Gasteiger partial charge in [-0.15, -0.1) is 0 Å². The minimum Gasteiger partial charge on any atom is -0.292 e. The van der Waals surface area contributed by atoms with Crippen LogP contribution in [0.25, 0.3) is 0 Å². The first kappa shape index (κ1) is 25.1. The molecule has 3 amide bonds. The summed E-state index contributed by atoms with van der Waals surface area (Å²) in [6, 6.07) is 13.9. The van der Waals surface area contributed by atoms with E-state index >= 15 is 0 Å². The molecule has 2 aromatic carbocycles. The lowest BCUT2D eigenvalue weighted by atomic mass is 9.81. The molecular formula is C25H23Br2ClN2O4. The van der Waals surface area contributed by atoms with Gasteiger partial charge in [0, 0.05) is 15.2 Å². The smallest absolute Gasteiger partial charge is 0.275 e. The van der Waals surface area contributed by atoms with Gasteiger partial charge in [0.15, 0.2) is 5.78 Å². The van der Waals surface area contributed by atoms with E-state index in [1.54, 1.807) is 55.5 Å². The number of fused-ring (bicyclic) bond motifs is 1. The van der Waals surface area contributed by atoms with Gasteiger partial charge in [-0.25, -0.2) is 5.01 Å². The van der Waals surface area contributed by atoms with Gasteiger partial charge in [0.05, 0.1) is 22.4 Å². The number of carbonyl (C=O) groups excluding carboxylic acids is 4. The molecule has 2 aliphatic rings. The molecule has 0 bridgehead atoms. The van der Waals surface area contributed by atoms with Crippen LogP contribution in [0.1, 0.15) is 46.9 Å². The van der Waals surface area contributed by atoms with Crippen LogP contribution in [0.5, 0.6) is 0 Å². The quantitative estimate of drug-likeness (QED) is 0.254. The number of imide groups is 1. The highest BCUT2D eigenvalue weighted by Gasteiger charge is 2.56. The maximum absolute atomic E-state index is 13.8. The average molecular weight is 611 g/mol. The molecule has 0 spiro atoms. The predicted molar refractivity (Wildman–Crippen MR) is 136 cm³/mol. The molecule has 0 N–H and O–H groups in total. The lowest BCUT2D eigenvalue weighted by Gasteiger charge is -2.36. The van der Waals surface area contributed by atoms with Gasteiger partial charge in [0.25, 0.3) is 17.7 Å². The Kier molecular flexibility index (Phi) is 7.60. The van der Waals surface area contributed by atoms with E-state index in [9.17, 15) is 19.2 Å². The number of benzene rings is 2. The molecule has 1 saturated heterocycles. The van der Waals surface area contributed by atoms with Crippen molar-refractivity contribution in [3.05, 3.63) is 70.7 Å². The molecule has 0 unspecified atom stereocenters. The average Bonchev–Trinajstić information content (AvgIpc) is 3.07. The minimum absolute atomic E-state index is 0.0195. The van der Waals surface area contributed by atoms with E-state index < -0.39 is 35.6 Å². The van der Waals surface area contributed by atoms with Gasteiger partial charge in [-0.1, -0.05) is 92.8 Å². The van der Waals surface area contributed by atoms with E-state index in [1.807, 2.05) is 0 Å². The zero-order valence-electron chi connectivity index (χ0n) is 18.4. The number of hydrogen-bond acceptors (Lipinski definition) is 4. The molecule has 1 aliphatic carbocycles. The van der Waals surface area contributed by atoms with Crippen LogP contribution < -0.4 is 0 Å². The zero-order chi connectivity index (χ0) is 24.6. The summed E-state index contributed by atoms with van der Waals surface area (Å²) in [6.07, 6.45) is 1.12.